The Morgan fingerprint density at radius 3 is 2.69 bits per heavy atom. The molecule has 2 nitrogen and oxygen atoms in total. The second-order valence-corrected chi connectivity index (χ2v) is 11.1. The minimum atomic E-state index is 0.341. The summed E-state index contributed by atoms with van der Waals surface area (Å²) in [6.07, 6.45) is 19.0. The second-order valence-electron chi connectivity index (χ2n) is 11.1. The van der Waals surface area contributed by atoms with Crippen LogP contribution >= 0.6 is 0 Å². The van der Waals surface area contributed by atoms with Crippen molar-refractivity contribution < 1.29 is 0 Å². The van der Waals surface area contributed by atoms with Crippen LogP contribution in [0.2, 0.25) is 0 Å². The molecule has 2 aliphatic carbocycles. The van der Waals surface area contributed by atoms with Gasteiger partial charge in [-0.1, -0.05) is 49.8 Å². The Labute approximate surface area is 196 Å². The van der Waals surface area contributed by atoms with Crippen molar-refractivity contribution in [3.05, 3.63) is 66.8 Å². The first-order valence-corrected chi connectivity index (χ1v) is 13.2. The molecule has 2 aliphatic heterocycles. The van der Waals surface area contributed by atoms with Gasteiger partial charge in [-0.25, -0.2) is 0 Å². The zero-order valence-electron chi connectivity index (χ0n) is 20.0. The van der Waals surface area contributed by atoms with Crippen molar-refractivity contribution in [3.8, 4) is 0 Å². The van der Waals surface area contributed by atoms with Gasteiger partial charge in [0.1, 0.15) is 0 Å². The number of hydrogen-bond acceptors (Lipinski definition) is 2. The van der Waals surface area contributed by atoms with Crippen LogP contribution < -0.4 is 0 Å². The third-order valence-electron chi connectivity index (χ3n) is 9.20. The normalized spacial score (nSPS) is 27.9. The van der Waals surface area contributed by atoms with E-state index in [1.165, 1.54) is 93.3 Å². The van der Waals surface area contributed by atoms with Gasteiger partial charge >= 0.3 is 0 Å². The van der Waals surface area contributed by atoms with E-state index >= 15 is 0 Å². The van der Waals surface area contributed by atoms with Crippen LogP contribution in [0.15, 0.2) is 50.1 Å². The largest absolute Gasteiger partial charge is 0.361 e. The average Bonchev–Trinajstić information content (AvgIpc) is 3.38. The number of fused-ring (bicyclic) bond motifs is 1. The maximum atomic E-state index is 4.43. The van der Waals surface area contributed by atoms with Gasteiger partial charge < -0.3 is 4.90 Å². The first-order chi connectivity index (χ1) is 15.6. The molecule has 0 amide bonds. The van der Waals surface area contributed by atoms with Gasteiger partial charge in [0.25, 0.3) is 0 Å². The van der Waals surface area contributed by atoms with Gasteiger partial charge in [0.05, 0.1) is 0 Å². The number of likely N-dealkylation sites (tertiary alicyclic amines) is 1. The second kappa shape index (κ2) is 9.21. The van der Waals surface area contributed by atoms with E-state index in [1.807, 2.05) is 6.08 Å². The van der Waals surface area contributed by atoms with E-state index < -0.39 is 0 Å². The predicted molar refractivity (Wildman–Crippen MR) is 136 cm³/mol. The fraction of sp³-hybridized carbons (Fsp3) is 0.600. The summed E-state index contributed by atoms with van der Waals surface area (Å²) in [6, 6.07) is 8.38. The molecule has 2 heterocycles. The van der Waals surface area contributed by atoms with Gasteiger partial charge in [0.2, 0.25) is 0 Å². The molecule has 4 aliphatic rings. The molecule has 0 N–H and O–H groups in total. The van der Waals surface area contributed by atoms with E-state index in [9.17, 15) is 0 Å². The van der Waals surface area contributed by atoms with Crippen LogP contribution in [0.4, 0.5) is 0 Å². The van der Waals surface area contributed by atoms with Gasteiger partial charge in [-0.15, -0.1) is 13.2 Å². The van der Waals surface area contributed by atoms with Crippen molar-refractivity contribution in [2.24, 2.45) is 11.3 Å². The van der Waals surface area contributed by atoms with E-state index in [-0.39, 0.29) is 0 Å². The van der Waals surface area contributed by atoms with Crippen molar-refractivity contribution in [1.29, 1.82) is 0 Å². The maximum absolute atomic E-state index is 4.43. The molecule has 1 aromatic carbocycles. The van der Waals surface area contributed by atoms with E-state index in [1.54, 1.807) is 0 Å². The molecule has 5 rings (SSSR count). The highest BCUT2D eigenvalue weighted by molar-refractivity contribution is 5.69. The van der Waals surface area contributed by atoms with E-state index in [0.717, 1.165) is 31.3 Å². The minimum absolute atomic E-state index is 0.341. The third kappa shape index (κ3) is 4.12. The fourth-order valence-electron chi connectivity index (χ4n) is 7.28. The highest BCUT2D eigenvalue weighted by Crippen LogP contribution is 2.49. The van der Waals surface area contributed by atoms with Crippen LogP contribution in [-0.2, 0) is 13.0 Å². The summed E-state index contributed by atoms with van der Waals surface area (Å²) >= 11 is 0. The molecule has 0 bridgehead atoms. The predicted octanol–water partition coefficient (Wildman–Crippen LogP) is 6.97. The number of rotatable bonds is 8. The summed E-state index contributed by atoms with van der Waals surface area (Å²) in [7, 11) is 0. The van der Waals surface area contributed by atoms with Crippen molar-refractivity contribution >= 4 is 5.70 Å². The number of piperidine rings is 1. The van der Waals surface area contributed by atoms with Crippen LogP contribution in [0.25, 0.3) is 5.70 Å². The summed E-state index contributed by atoms with van der Waals surface area (Å²) in [5.41, 5.74) is 6.20. The van der Waals surface area contributed by atoms with Crippen LogP contribution in [0, 0.1) is 11.3 Å². The lowest BCUT2D eigenvalue weighted by Crippen LogP contribution is -2.51. The van der Waals surface area contributed by atoms with Crippen molar-refractivity contribution in [2.75, 3.05) is 13.1 Å². The Hall–Kier alpha value is -1.80. The molecule has 3 atom stereocenters. The van der Waals surface area contributed by atoms with Crippen molar-refractivity contribution in [3.63, 3.8) is 0 Å². The Morgan fingerprint density at radius 2 is 1.94 bits per heavy atom. The Kier molecular flexibility index (Phi) is 6.34. The summed E-state index contributed by atoms with van der Waals surface area (Å²) in [6.45, 7) is 16.1. The average molecular weight is 431 g/mol. The highest BCUT2D eigenvalue weighted by Gasteiger charge is 2.44. The molecule has 32 heavy (non-hydrogen) atoms. The molecule has 0 aromatic heterocycles. The highest BCUT2D eigenvalue weighted by atomic mass is 15.2. The monoisotopic (exact) mass is 430 g/mol. The molecule has 172 valence electrons. The van der Waals surface area contributed by atoms with Crippen molar-refractivity contribution in [1.82, 2.24) is 9.80 Å². The summed E-state index contributed by atoms with van der Waals surface area (Å²) < 4.78 is 0. The topological polar surface area (TPSA) is 6.48 Å². The zero-order chi connectivity index (χ0) is 22.1. The lowest BCUT2D eigenvalue weighted by molar-refractivity contribution is -0.00832. The quantitative estimate of drug-likeness (QED) is 0.411. The summed E-state index contributed by atoms with van der Waals surface area (Å²) in [5, 5.41) is 0. The van der Waals surface area contributed by atoms with Gasteiger partial charge in [0.15, 0.2) is 0 Å². The molecule has 2 heteroatoms. The number of nitrogens with zero attached hydrogens (tertiary/aromatic N) is 2. The minimum Gasteiger partial charge on any atom is -0.361 e. The Morgan fingerprint density at radius 1 is 1.09 bits per heavy atom. The number of allylic oxidation sites excluding steroid dienone is 1. The van der Waals surface area contributed by atoms with Crippen LogP contribution in [0.1, 0.15) is 80.9 Å². The first-order valence-electron chi connectivity index (χ1n) is 13.2. The Balaban J connectivity index is 1.26. The van der Waals surface area contributed by atoms with Gasteiger partial charge in [-0.05, 0) is 86.8 Å². The van der Waals surface area contributed by atoms with E-state index in [0.29, 0.717) is 11.5 Å². The molecule has 1 saturated heterocycles. The lowest BCUT2D eigenvalue weighted by Gasteiger charge is -2.51. The third-order valence-corrected chi connectivity index (χ3v) is 9.20. The van der Waals surface area contributed by atoms with E-state index in [2.05, 4.69) is 53.8 Å². The zero-order valence-corrected chi connectivity index (χ0v) is 20.0. The van der Waals surface area contributed by atoms with Crippen LogP contribution in [-0.4, -0.2) is 35.0 Å². The molecule has 2 saturated carbocycles. The fourth-order valence-corrected chi connectivity index (χ4v) is 7.28. The Bertz CT molecular complexity index is 864. The molecular weight excluding hydrogens is 388 g/mol. The summed E-state index contributed by atoms with van der Waals surface area (Å²) in [5.74, 6) is 0.831. The lowest BCUT2D eigenvalue weighted by atomic mass is 9.64. The SMILES string of the molecule is C=CCCC(C=C)N1Cc2cc(CC3CCCC3N3CCCC4(CCC4)C3)ccc2C1=C. The molecule has 1 spiro atoms. The first kappa shape index (κ1) is 22.0. The van der Waals surface area contributed by atoms with Gasteiger partial charge in [-0.3, -0.25) is 4.90 Å². The van der Waals surface area contributed by atoms with Gasteiger partial charge in [-0.2, -0.15) is 0 Å². The number of hydrogen-bond donors (Lipinski definition) is 0. The molecule has 1 aromatic rings. The van der Waals surface area contributed by atoms with Crippen LogP contribution in [0.3, 0.4) is 0 Å². The molecule has 0 radical (unpaired) electrons. The molecular formula is C30H42N2. The number of benzene rings is 1. The smallest absolute Gasteiger partial charge is 0.0477 e. The maximum Gasteiger partial charge on any atom is 0.0477 e. The standard InChI is InChI=1S/C30H42N2/c1-4-6-11-27(5-2)32-21-26-20-24(13-14-28(26)23(32)3)19-25-10-7-12-29(25)31-18-9-17-30(22-31)15-8-16-30/h4-5,13-14,20,25,27,29H,1-3,6-12,15-19,21-22H2. The van der Waals surface area contributed by atoms with Gasteiger partial charge in [0, 0.05) is 36.4 Å². The summed E-state index contributed by atoms with van der Waals surface area (Å²) in [4.78, 5) is 5.36. The van der Waals surface area contributed by atoms with E-state index in [4.69, 9.17) is 0 Å². The van der Waals surface area contributed by atoms with Crippen molar-refractivity contribution in [2.45, 2.75) is 89.3 Å². The molecule has 3 unspecified atom stereocenters. The molecule has 3 fully saturated rings. The van der Waals surface area contributed by atoms with Crippen LogP contribution in [0.5, 0.6) is 0 Å².